The summed E-state index contributed by atoms with van der Waals surface area (Å²) < 4.78 is 0. The molecule has 1 aliphatic rings. The van der Waals surface area contributed by atoms with Gasteiger partial charge in [-0.3, -0.25) is 4.90 Å². The first kappa shape index (κ1) is 10.8. The zero-order valence-electron chi connectivity index (χ0n) is 11.0. The molecule has 3 rings (SSSR count). The number of aromatic amines is 1. The van der Waals surface area contributed by atoms with Gasteiger partial charge in [-0.2, -0.15) is 0 Å². The molecule has 2 aromatic rings. The molecule has 2 aromatic heterocycles. The Morgan fingerprint density at radius 3 is 2.88 bits per heavy atom. The molecule has 0 saturated carbocycles. The summed E-state index contributed by atoms with van der Waals surface area (Å²) in [7, 11) is 2.19. The lowest BCUT2D eigenvalue weighted by Gasteiger charge is -2.39. The summed E-state index contributed by atoms with van der Waals surface area (Å²) in [5.41, 5.74) is 5.13. The van der Waals surface area contributed by atoms with Crippen LogP contribution in [0.1, 0.15) is 30.8 Å². The largest absolute Gasteiger partial charge is 0.342 e. The maximum Gasteiger partial charge on any atom is 0.138 e. The number of pyridine rings is 1. The van der Waals surface area contributed by atoms with Crippen LogP contribution in [0.5, 0.6) is 0 Å². The summed E-state index contributed by atoms with van der Waals surface area (Å²) in [6.07, 6.45) is 1.09. The number of likely N-dealkylation sites (N-methyl/N-ethyl adjacent to an activating group) is 1. The van der Waals surface area contributed by atoms with Crippen molar-refractivity contribution in [2.45, 2.75) is 39.3 Å². The standard InChI is InChI=1S/C14H19N3/c1-9-5-6-10-11-7-14(2,3)17(4)8-12(11)16-13(10)15-9/h5-6H,7-8H2,1-4H3,(H,15,16). The van der Waals surface area contributed by atoms with Crippen LogP contribution in [0.4, 0.5) is 0 Å². The van der Waals surface area contributed by atoms with Gasteiger partial charge in [0.25, 0.3) is 0 Å². The Morgan fingerprint density at radius 1 is 1.35 bits per heavy atom. The van der Waals surface area contributed by atoms with Gasteiger partial charge < -0.3 is 4.98 Å². The van der Waals surface area contributed by atoms with E-state index in [1.807, 2.05) is 6.92 Å². The van der Waals surface area contributed by atoms with E-state index in [1.165, 1.54) is 16.6 Å². The quantitative estimate of drug-likeness (QED) is 0.753. The van der Waals surface area contributed by atoms with Crippen molar-refractivity contribution in [3.63, 3.8) is 0 Å². The lowest BCUT2D eigenvalue weighted by molar-refractivity contribution is 0.132. The van der Waals surface area contributed by atoms with Crippen molar-refractivity contribution in [3.8, 4) is 0 Å². The molecule has 90 valence electrons. The van der Waals surface area contributed by atoms with Crippen molar-refractivity contribution in [3.05, 3.63) is 29.1 Å². The normalized spacial score (nSPS) is 19.5. The van der Waals surface area contributed by atoms with Crippen LogP contribution in [0.3, 0.4) is 0 Å². The third-order valence-electron chi connectivity index (χ3n) is 4.03. The van der Waals surface area contributed by atoms with Crippen LogP contribution in [0.2, 0.25) is 0 Å². The average molecular weight is 229 g/mol. The van der Waals surface area contributed by atoms with Gasteiger partial charge in [0, 0.05) is 28.9 Å². The highest BCUT2D eigenvalue weighted by Gasteiger charge is 2.32. The van der Waals surface area contributed by atoms with Crippen LogP contribution >= 0.6 is 0 Å². The van der Waals surface area contributed by atoms with Gasteiger partial charge >= 0.3 is 0 Å². The van der Waals surface area contributed by atoms with Gasteiger partial charge in [0.2, 0.25) is 0 Å². The van der Waals surface area contributed by atoms with Crippen LogP contribution in [0.25, 0.3) is 11.0 Å². The van der Waals surface area contributed by atoms with Crippen molar-refractivity contribution < 1.29 is 0 Å². The van der Waals surface area contributed by atoms with Gasteiger partial charge in [0.1, 0.15) is 5.65 Å². The Morgan fingerprint density at radius 2 is 2.12 bits per heavy atom. The maximum atomic E-state index is 4.58. The number of hydrogen-bond donors (Lipinski definition) is 1. The summed E-state index contributed by atoms with van der Waals surface area (Å²) in [6, 6.07) is 4.30. The second kappa shape index (κ2) is 3.33. The van der Waals surface area contributed by atoms with Crippen LogP contribution in [0, 0.1) is 6.92 Å². The zero-order valence-corrected chi connectivity index (χ0v) is 11.0. The molecule has 0 fully saturated rings. The maximum absolute atomic E-state index is 4.58. The number of H-pyrrole nitrogens is 1. The molecule has 0 amide bonds. The molecule has 3 nitrogen and oxygen atoms in total. The number of nitrogens with zero attached hydrogens (tertiary/aromatic N) is 2. The monoisotopic (exact) mass is 229 g/mol. The minimum Gasteiger partial charge on any atom is -0.342 e. The highest BCUT2D eigenvalue weighted by atomic mass is 15.2. The minimum absolute atomic E-state index is 0.229. The van der Waals surface area contributed by atoms with Gasteiger partial charge in [-0.05, 0) is 51.9 Å². The molecule has 0 spiro atoms. The first-order chi connectivity index (χ1) is 7.97. The van der Waals surface area contributed by atoms with Crippen molar-refractivity contribution in [1.82, 2.24) is 14.9 Å². The van der Waals surface area contributed by atoms with Gasteiger partial charge in [-0.15, -0.1) is 0 Å². The third kappa shape index (κ3) is 1.57. The van der Waals surface area contributed by atoms with Crippen molar-refractivity contribution >= 4 is 11.0 Å². The van der Waals surface area contributed by atoms with Gasteiger partial charge in [0.05, 0.1) is 0 Å². The van der Waals surface area contributed by atoms with Crippen LogP contribution in [-0.4, -0.2) is 27.5 Å². The smallest absolute Gasteiger partial charge is 0.138 e. The Hall–Kier alpha value is -1.35. The van der Waals surface area contributed by atoms with Crippen molar-refractivity contribution in [2.24, 2.45) is 0 Å². The lowest BCUT2D eigenvalue weighted by atomic mass is 9.88. The Labute approximate surface area is 102 Å². The molecule has 3 heterocycles. The average Bonchev–Trinajstić information content (AvgIpc) is 2.55. The number of hydrogen-bond acceptors (Lipinski definition) is 2. The lowest BCUT2D eigenvalue weighted by Crippen LogP contribution is -2.45. The summed E-state index contributed by atoms with van der Waals surface area (Å²) in [4.78, 5) is 10.5. The number of aromatic nitrogens is 2. The zero-order chi connectivity index (χ0) is 12.2. The molecular formula is C14H19N3. The second-order valence-corrected chi connectivity index (χ2v) is 5.78. The molecule has 0 saturated heterocycles. The fraction of sp³-hybridized carbons (Fsp3) is 0.500. The van der Waals surface area contributed by atoms with Crippen molar-refractivity contribution in [1.29, 1.82) is 0 Å². The molecule has 1 aliphatic heterocycles. The van der Waals surface area contributed by atoms with E-state index in [9.17, 15) is 0 Å². The molecular weight excluding hydrogens is 210 g/mol. The Bertz CT molecular complexity index is 580. The van der Waals surface area contributed by atoms with Crippen LogP contribution < -0.4 is 0 Å². The third-order valence-corrected chi connectivity index (χ3v) is 4.03. The fourth-order valence-corrected chi connectivity index (χ4v) is 2.63. The molecule has 1 N–H and O–H groups in total. The summed E-state index contributed by atoms with van der Waals surface area (Å²) >= 11 is 0. The molecule has 0 bridgehead atoms. The molecule has 17 heavy (non-hydrogen) atoms. The molecule has 0 aliphatic carbocycles. The Balaban J connectivity index is 2.21. The predicted octanol–water partition coefficient (Wildman–Crippen LogP) is 2.64. The first-order valence-electron chi connectivity index (χ1n) is 6.16. The summed E-state index contributed by atoms with van der Waals surface area (Å²) in [5.74, 6) is 0. The highest BCUT2D eigenvalue weighted by molar-refractivity contribution is 5.82. The van der Waals surface area contributed by atoms with Crippen molar-refractivity contribution in [2.75, 3.05) is 7.05 Å². The van der Waals surface area contributed by atoms with E-state index in [-0.39, 0.29) is 5.54 Å². The molecule has 0 unspecified atom stereocenters. The molecule has 0 radical (unpaired) electrons. The predicted molar refractivity (Wildman–Crippen MR) is 70.1 cm³/mol. The SMILES string of the molecule is Cc1ccc2c3c([nH]c2n1)CN(C)C(C)(C)C3. The van der Waals surface area contributed by atoms with Gasteiger partial charge in [-0.25, -0.2) is 4.98 Å². The van der Waals surface area contributed by atoms with Gasteiger partial charge in [-0.1, -0.05) is 0 Å². The van der Waals surface area contributed by atoms with E-state index in [0.717, 1.165) is 24.3 Å². The van der Waals surface area contributed by atoms with Crippen LogP contribution in [0.15, 0.2) is 12.1 Å². The number of aryl methyl sites for hydroxylation is 1. The van der Waals surface area contributed by atoms with E-state index >= 15 is 0 Å². The van der Waals surface area contributed by atoms with E-state index in [4.69, 9.17) is 0 Å². The number of nitrogens with one attached hydrogen (secondary N) is 1. The first-order valence-corrected chi connectivity index (χ1v) is 6.16. The molecule has 0 atom stereocenters. The fourth-order valence-electron chi connectivity index (χ4n) is 2.63. The topological polar surface area (TPSA) is 31.9 Å². The van der Waals surface area contributed by atoms with Crippen LogP contribution in [-0.2, 0) is 13.0 Å². The molecule has 0 aromatic carbocycles. The number of rotatable bonds is 0. The minimum atomic E-state index is 0.229. The number of fused-ring (bicyclic) bond motifs is 3. The van der Waals surface area contributed by atoms with E-state index in [2.05, 4.69) is 47.9 Å². The molecule has 3 heteroatoms. The summed E-state index contributed by atoms with van der Waals surface area (Å²) in [5, 5.41) is 1.30. The second-order valence-electron chi connectivity index (χ2n) is 5.78. The van der Waals surface area contributed by atoms with Gasteiger partial charge in [0.15, 0.2) is 0 Å². The van der Waals surface area contributed by atoms with E-state index in [1.54, 1.807) is 0 Å². The highest BCUT2D eigenvalue weighted by Crippen LogP contribution is 2.33. The van der Waals surface area contributed by atoms with E-state index in [0.29, 0.717) is 0 Å². The summed E-state index contributed by atoms with van der Waals surface area (Å²) in [6.45, 7) is 7.62. The van der Waals surface area contributed by atoms with E-state index < -0.39 is 0 Å². The Kier molecular flexibility index (Phi) is 2.11.